The first-order chi connectivity index (χ1) is 9.22. The predicted octanol–water partition coefficient (Wildman–Crippen LogP) is 1.54. The van der Waals surface area contributed by atoms with Crippen molar-refractivity contribution in [3.8, 4) is 12.1 Å². The number of nitrogens with zero attached hydrogens (tertiary/aromatic N) is 4. The first kappa shape index (κ1) is 13.8. The van der Waals surface area contributed by atoms with E-state index in [2.05, 4.69) is 26.3 Å². The summed E-state index contributed by atoms with van der Waals surface area (Å²) in [5, 5.41) is 12.5. The van der Waals surface area contributed by atoms with Gasteiger partial charge in [-0.15, -0.1) is 0 Å². The lowest BCUT2D eigenvalue weighted by Crippen LogP contribution is -2.39. The monoisotopic (exact) mass is 281 g/mol. The van der Waals surface area contributed by atoms with Gasteiger partial charge in [0.2, 0.25) is 0 Å². The van der Waals surface area contributed by atoms with Crippen LogP contribution >= 0.6 is 11.6 Å². The number of rotatable bonds is 4. The van der Waals surface area contributed by atoms with E-state index in [1.165, 1.54) is 13.3 Å². The molecule has 19 heavy (non-hydrogen) atoms. The molecule has 7 heteroatoms. The molecule has 1 aliphatic rings. The molecule has 0 radical (unpaired) electrons. The molecular weight excluding hydrogens is 266 g/mol. The van der Waals surface area contributed by atoms with E-state index in [-0.39, 0.29) is 0 Å². The third-order valence-corrected chi connectivity index (χ3v) is 3.40. The number of aromatic nitrogens is 2. The van der Waals surface area contributed by atoms with Gasteiger partial charge in [0.25, 0.3) is 0 Å². The number of hydrogen-bond acceptors (Lipinski definition) is 6. The normalized spacial score (nSPS) is 16.9. The number of piperidine rings is 1. The van der Waals surface area contributed by atoms with Gasteiger partial charge in [-0.2, -0.15) is 10.2 Å². The predicted molar refractivity (Wildman–Crippen MR) is 72.3 cm³/mol. The van der Waals surface area contributed by atoms with Crippen LogP contribution in [0, 0.1) is 11.3 Å². The van der Waals surface area contributed by atoms with Gasteiger partial charge in [-0.3, -0.25) is 4.90 Å². The fraction of sp³-hybridized carbons (Fsp3) is 0.583. The van der Waals surface area contributed by atoms with Gasteiger partial charge < -0.3 is 10.1 Å². The molecule has 6 nitrogen and oxygen atoms in total. The van der Waals surface area contributed by atoms with Crippen LogP contribution in [0.5, 0.6) is 6.01 Å². The number of likely N-dealkylation sites (tertiary alicyclic amines) is 1. The highest BCUT2D eigenvalue weighted by atomic mass is 35.5. The fourth-order valence-corrected chi connectivity index (χ4v) is 2.22. The van der Waals surface area contributed by atoms with Crippen molar-refractivity contribution in [3.63, 3.8) is 0 Å². The molecule has 0 spiro atoms. The maximum absolute atomic E-state index is 8.66. The zero-order chi connectivity index (χ0) is 13.7. The number of nitriles is 1. The van der Waals surface area contributed by atoms with Crippen molar-refractivity contribution in [1.82, 2.24) is 14.9 Å². The summed E-state index contributed by atoms with van der Waals surface area (Å²) in [6.45, 7) is 2.31. The van der Waals surface area contributed by atoms with Crippen molar-refractivity contribution in [3.05, 3.63) is 11.2 Å². The molecule has 0 aliphatic carbocycles. The van der Waals surface area contributed by atoms with Gasteiger partial charge in [0, 0.05) is 19.1 Å². The van der Waals surface area contributed by atoms with Crippen molar-refractivity contribution < 1.29 is 4.74 Å². The van der Waals surface area contributed by atoms with Crippen LogP contribution in [0.2, 0.25) is 5.02 Å². The number of anilines is 1. The summed E-state index contributed by atoms with van der Waals surface area (Å²) in [6, 6.07) is 2.79. The summed E-state index contributed by atoms with van der Waals surface area (Å²) in [5.41, 5.74) is 0. The van der Waals surface area contributed by atoms with Gasteiger partial charge in [-0.05, 0) is 12.8 Å². The van der Waals surface area contributed by atoms with Crippen molar-refractivity contribution in [2.75, 3.05) is 32.1 Å². The number of halogens is 1. The van der Waals surface area contributed by atoms with Crippen LogP contribution in [0.4, 0.5) is 5.82 Å². The summed E-state index contributed by atoms with van der Waals surface area (Å²) >= 11 is 6.05. The molecule has 0 atom stereocenters. The second-order valence-corrected chi connectivity index (χ2v) is 4.81. The van der Waals surface area contributed by atoms with Crippen molar-refractivity contribution in [1.29, 1.82) is 5.26 Å². The Hall–Kier alpha value is -1.58. The van der Waals surface area contributed by atoms with Crippen LogP contribution in [-0.4, -0.2) is 47.7 Å². The molecule has 1 aromatic heterocycles. The van der Waals surface area contributed by atoms with Crippen LogP contribution in [0.1, 0.15) is 12.8 Å². The molecule has 0 bridgehead atoms. The maximum atomic E-state index is 8.66. The van der Waals surface area contributed by atoms with Gasteiger partial charge in [0.05, 0.1) is 25.9 Å². The Kier molecular flexibility index (Phi) is 4.77. The van der Waals surface area contributed by atoms with E-state index in [0.717, 1.165) is 25.9 Å². The van der Waals surface area contributed by atoms with E-state index in [4.69, 9.17) is 21.6 Å². The Labute approximate surface area is 117 Å². The smallest absolute Gasteiger partial charge is 0.318 e. The topological polar surface area (TPSA) is 74.1 Å². The van der Waals surface area contributed by atoms with Gasteiger partial charge in [-0.25, -0.2) is 4.98 Å². The average molecular weight is 282 g/mol. The summed E-state index contributed by atoms with van der Waals surface area (Å²) in [4.78, 5) is 10.3. The fourth-order valence-electron chi connectivity index (χ4n) is 2.08. The van der Waals surface area contributed by atoms with Crippen LogP contribution < -0.4 is 10.1 Å². The molecule has 102 valence electrons. The highest BCUT2D eigenvalue weighted by Gasteiger charge is 2.20. The van der Waals surface area contributed by atoms with Crippen molar-refractivity contribution in [2.45, 2.75) is 18.9 Å². The minimum Gasteiger partial charge on any atom is -0.467 e. The highest BCUT2D eigenvalue weighted by molar-refractivity contribution is 6.32. The highest BCUT2D eigenvalue weighted by Crippen LogP contribution is 2.23. The summed E-state index contributed by atoms with van der Waals surface area (Å²) in [7, 11) is 1.52. The van der Waals surface area contributed by atoms with E-state index >= 15 is 0 Å². The first-order valence-corrected chi connectivity index (χ1v) is 6.53. The van der Waals surface area contributed by atoms with E-state index < -0.39 is 0 Å². The molecular formula is C12H16ClN5O. The Morgan fingerprint density at radius 3 is 2.95 bits per heavy atom. The molecule has 0 amide bonds. The van der Waals surface area contributed by atoms with E-state index in [1.807, 2.05) is 0 Å². The largest absolute Gasteiger partial charge is 0.467 e. The molecule has 0 aromatic carbocycles. The van der Waals surface area contributed by atoms with Crippen LogP contribution in [-0.2, 0) is 0 Å². The van der Waals surface area contributed by atoms with Crippen LogP contribution in [0.25, 0.3) is 0 Å². The number of nitrogens with one attached hydrogen (secondary N) is 1. The van der Waals surface area contributed by atoms with Gasteiger partial charge >= 0.3 is 6.01 Å². The minimum absolute atomic E-state index is 0.300. The zero-order valence-corrected chi connectivity index (χ0v) is 11.5. The molecule has 1 fully saturated rings. The average Bonchev–Trinajstić information content (AvgIpc) is 2.44. The van der Waals surface area contributed by atoms with Gasteiger partial charge in [0.1, 0.15) is 5.02 Å². The number of ether oxygens (including phenoxy) is 1. The molecule has 1 aliphatic heterocycles. The van der Waals surface area contributed by atoms with E-state index in [9.17, 15) is 0 Å². The van der Waals surface area contributed by atoms with Crippen LogP contribution in [0.3, 0.4) is 0 Å². The summed E-state index contributed by atoms with van der Waals surface area (Å²) < 4.78 is 4.98. The molecule has 1 N–H and O–H groups in total. The lowest BCUT2D eigenvalue weighted by atomic mass is 10.1. The second kappa shape index (κ2) is 6.55. The third-order valence-electron chi connectivity index (χ3n) is 3.13. The summed E-state index contributed by atoms with van der Waals surface area (Å²) in [6.07, 6.45) is 3.45. The molecule has 0 saturated carbocycles. The second-order valence-electron chi connectivity index (χ2n) is 4.41. The van der Waals surface area contributed by atoms with Crippen molar-refractivity contribution >= 4 is 17.4 Å². The first-order valence-electron chi connectivity index (χ1n) is 6.15. The Morgan fingerprint density at radius 2 is 2.32 bits per heavy atom. The van der Waals surface area contributed by atoms with Gasteiger partial charge in [0.15, 0.2) is 5.82 Å². The van der Waals surface area contributed by atoms with Crippen molar-refractivity contribution in [2.24, 2.45) is 0 Å². The lowest BCUT2D eigenvalue weighted by molar-refractivity contribution is 0.242. The number of methoxy groups -OCH3 is 1. The van der Waals surface area contributed by atoms with E-state index in [0.29, 0.717) is 29.4 Å². The SMILES string of the molecule is COc1ncc(Cl)c(NC2CCN(CC#N)CC2)n1. The quantitative estimate of drug-likeness (QED) is 0.844. The Balaban J connectivity index is 1.94. The molecule has 2 rings (SSSR count). The standard InChI is InChI=1S/C12H16ClN5O/c1-19-12-15-8-10(13)11(17-12)16-9-2-5-18(6-3-9)7-4-14/h8-9H,2-3,5-7H2,1H3,(H,15,16,17). The molecule has 0 unspecified atom stereocenters. The zero-order valence-electron chi connectivity index (χ0n) is 10.8. The number of hydrogen-bond donors (Lipinski definition) is 1. The van der Waals surface area contributed by atoms with Gasteiger partial charge in [-0.1, -0.05) is 11.6 Å². The molecule has 1 saturated heterocycles. The Morgan fingerprint density at radius 1 is 1.58 bits per heavy atom. The van der Waals surface area contributed by atoms with E-state index in [1.54, 1.807) is 0 Å². The minimum atomic E-state index is 0.300. The van der Waals surface area contributed by atoms with Crippen LogP contribution in [0.15, 0.2) is 6.20 Å². The summed E-state index contributed by atoms with van der Waals surface area (Å²) in [5.74, 6) is 0.604. The third kappa shape index (κ3) is 3.69. The lowest BCUT2D eigenvalue weighted by Gasteiger charge is -2.31. The molecule has 1 aromatic rings. The Bertz CT molecular complexity index is 468. The molecule has 2 heterocycles. The maximum Gasteiger partial charge on any atom is 0.318 e.